The Morgan fingerprint density at radius 1 is 0.872 bits per heavy atom. The Kier molecular flexibility index (Phi) is 8.83. The molecule has 3 aromatic rings. The number of phenolic OH excluding ortho intramolecular Hbond substituents is 1. The number of unbranched alkanes of at least 4 members (excludes halogenated alkanes) is 2. The molecule has 0 bridgehead atoms. The number of azo groups is 1. The van der Waals surface area contributed by atoms with Crippen LogP contribution in [0.15, 0.2) is 70.9 Å². The van der Waals surface area contributed by atoms with E-state index in [1.54, 1.807) is 64.1 Å². The van der Waals surface area contributed by atoms with Crippen LogP contribution in [0.4, 0.5) is 30.2 Å². The minimum atomic E-state index is -4.77. The summed E-state index contributed by atoms with van der Waals surface area (Å²) in [5.41, 5.74) is -3.37. The number of rotatable bonds is 10. The minimum Gasteiger partial charge on any atom is -0.505 e. The van der Waals surface area contributed by atoms with Crippen molar-refractivity contribution in [2.75, 3.05) is 0 Å². The molecule has 0 atom stereocenters. The standard InChI is InChI=1S/C30H34F3N3O3/c1-6-7-13-18-28(2,3)21-19-23(35-34-22-16-11-12-17-24(22)36(38)39)27(37)26(25(21)30(31,32)33)29(4,5)20-14-9-8-10-15-20/h8-12,14-17,19,37H,6-7,13,18H2,1-5H3. The first-order valence-corrected chi connectivity index (χ1v) is 12.9. The number of alkyl halides is 3. The quantitative estimate of drug-likeness (QED) is 0.120. The summed E-state index contributed by atoms with van der Waals surface area (Å²) in [4.78, 5) is 10.8. The second-order valence-electron chi connectivity index (χ2n) is 10.8. The van der Waals surface area contributed by atoms with Crippen molar-refractivity contribution in [2.45, 2.75) is 77.3 Å². The molecule has 3 rings (SSSR count). The Morgan fingerprint density at radius 3 is 2.05 bits per heavy atom. The van der Waals surface area contributed by atoms with Gasteiger partial charge in [-0.15, -0.1) is 10.2 Å². The van der Waals surface area contributed by atoms with E-state index >= 15 is 0 Å². The van der Waals surface area contributed by atoms with Crippen LogP contribution in [-0.4, -0.2) is 10.0 Å². The second-order valence-corrected chi connectivity index (χ2v) is 10.8. The van der Waals surface area contributed by atoms with Gasteiger partial charge in [-0.2, -0.15) is 13.2 Å². The second kappa shape index (κ2) is 11.6. The van der Waals surface area contributed by atoms with E-state index in [1.807, 2.05) is 6.92 Å². The molecular formula is C30H34F3N3O3. The summed E-state index contributed by atoms with van der Waals surface area (Å²) in [5.74, 6) is -0.661. The molecule has 0 unspecified atom stereocenters. The number of aromatic hydroxyl groups is 1. The van der Waals surface area contributed by atoms with Crippen molar-refractivity contribution in [1.82, 2.24) is 0 Å². The molecule has 0 aliphatic rings. The summed E-state index contributed by atoms with van der Waals surface area (Å²) < 4.78 is 44.8. The number of nitrogens with zero attached hydrogens (tertiary/aromatic N) is 3. The first-order valence-electron chi connectivity index (χ1n) is 12.9. The highest BCUT2D eigenvalue weighted by atomic mass is 19.4. The Bertz CT molecular complexity index is 1350. The summed E-state index contributed by atoms with van der Waals surface area (Å²) in [5, 5.41) is 30.9. The monoisotopic (exact) mass is 541 g/mol. The maximum absolute atomic E-state index is 14.9. The van der Waals surface area contributed by atoms with Crippen LogP contribution in [0, 0.1) is 10.1 Å². The van der Waals surface area contributed by atoms with Crippen molar-refractivity contribution < 1.29 is 23.2 Å². The fourth-order valence-electron chi connectivity index (χ4n) is 4.93. The first kappa shape index (κ1) is 29.8. The highest BCUT2D eigenvalue weighted by Gasteiger charge is 2.46. The first-order chi connectivity index (χ1) is 18.2. The predicted octanol–water partition coefficient (Wildman–Crippen LogP) is 9.92. The van der Waals surface area contributed by atoms with E-state index in [4.69, 9.17) is 0 Å². The van der Waals surface area contributed by atoms with E-state index in [0.717, 1.165) is 19.3 Å². The highest BCUT2D eigenvalue weighted by molar-refractivity contribution is 5.67. The van der Waals surface area contributed by atoms with Crippen molar-refractivity contribution in [3.63, 3.8) is 0 Å². The smallest absolute Gasteiger partial charge is 0.417 e. The molecule has 0 aromatic heterocycles. The van der Waals surface area contributed by atoms with Gasteiger partial charge in [0.25, 0.3) is 5.69 Å². The normalized spacial score (nSPS) is 12.7. The third-order valence-electron chi connectivity index (χ3n) is 7.16. The van der Waals surface area contributed by atoms with Crippen LogP contribution in [0.3, 0.4) is 0 Å². The molecule has 1 N–H and O–H groups in total. The van der Waals surface area contributed by atoms with E-state index in [9.17, 15) is 28.4 Å². The molecule has 0 amide bonds. The van der Waals surface area contributed by atoms with Gasteiger partial charge in [-0.1, -0.05) is 96.3 Å². The fourth-order valence-corrected chi connectivity index (χ4v) is 4.93. The van der Waals surface area contributed by atoms with Crippen LogP contribution in [0.2, 0.25) is 0 Å². The Labute approximate surface area is 226 Å². The summed E-state index contributed by atoms with van der Waals surface area (Å²) in [7, 11) is 0. The molecular weight excluding hydrogens is 507 g/mol. The summed E-state index contributed by atoms with van der Waals surface area (Å²) in [6.07, 6.45) is -1.77. The van der Waals surface area contributed by atoms with Gasteiger partial charge < -0.3 is 5.11 Å². The van der Waals surface area contributed by atoms with Crippen LogP contribution in [-0.2, 0) is 17.0 Å². The van der Waals surface area contributed by atoms with Crippen molar-refractivity contribution in [3.05, 3.63) is 93.0 Å². The SMILES string of the molecule is CCCCCC(C)(C)c1cc(N=Nc2ccccc2[N+](=O)[O-])c(O)c(C(C)(C)c2ccccc2)c1C(F)(F)F. The zero-order valence-corrected chi connectivity index (χ0v) is 22.8. The average molecular weight is 542 g/mol. The summed E-state index contributed by atoms with van der Waals surface area (Å²) >= 11 is 0. The lowest BCUT2D eigenvalue weighted by molar-refractivity contribution is -0.384. The van der Waals surface area contributed by atoms with E-state index < -0.39 is 33.2 Å². The third kappa shape index (κ3) is 6.46. The average Bonchev–Trinajstić information content (AvgIpc) is 2.87. The van der Waals surface area contributed by atoms with Gasteiger partial charge >= 0.3 is 6.18 Å². The van der Waals surface area contributed by atoms with Gasteiger partial charge in [-0.05, 0) is 35.1 Å². The van der Waals surface area contributed by atoms with Gasteiger partial charge in [0.15, 0.2) is 5.69 Å². The van der Waals surface area contributed by atoms with Gasteiger partial charge in [0.05, 0.1) is 10.5 Å². The number of nitro benzene ring substituents is 1. The molecule has 0 aliphatic heterocycles. The number of benzene rings is 3. The van der Waals surface area contributed by atoms with Crippen LogP contribution >= 0.6 is 0 Å². The van der Waals surface area contributed by atoms with Crippen molar-refractivity contribution in [2.24, 2.45) is 10.2 Å². The topological polar surface area (TPSA) is 88.1 Å². The van der Waals surface area contributed by atoms with Gasteiger partial charge in [0.2, 0.25) is 0 Å². The van der Waals surface area contributed by atoms with E-state index in [2.05, 4.69) is 10.2 Å². The van der Waals surface area contributed by atoms with E-state index in [0.29, 0.717) is 12.0 Å². The van der Waals surface area contributed by atoms with E-state index in [-0.39, 0.29) is 28.2 Å². The number of halogens is 3. The zero-order valence-electron chi connectivity index (χ0n) is 22.8. The lowest BCUT2D eigenvalue weighted by Gasteiger charge is -2.36. The van der Waals surface area contributed by atoms with Gasteiger partial charge in [-0.25, -0.2) is 0 Å². The maximum atomic E-state index is 14.9. The summed E-state index contributed by atoms with van der Waals surface area (Å²) in [6.45, 7) is 8.79. The zero-order chi connectivity index (χ0) is 29.0. The molecule has 3 aromatic carbocycles. The molecule has 0 spiro atoms. The highest BCUT2D eigenvalue weighted by Crippen LogP contribution is 2.53. The molecule has 9 heteroatoms. The molecule has 0 saturated carbocycles. The van der Waals surface area contributed by atoms with Crippen LogP contribution in [0.25, 0.3) is 0 Å². The number of hydrogen-bond acceptors (Lipinski definition) is 5. The van der Waals surface area contributed by atoms with Crippen molar-refractivity contribution >= 4 is 17.1 Å². The Hall–Kier alpha value is -3.75. The Morgan fingerprint density at radius 2 is 1.46 bits per heavy atom. The molecule has 39 heavy (non-hydrogen) atoms. The van der Waals surface area contributed by atoms with Crippen LogP contribution in [0.5, 0.6) is 5.75 Å². The van der Waals surface area contributed by atoms with Crippen molar-refractivity contribution in [3.8, 4) is 5.75 Å². The van der Waals surface area contributed by atoms with E-state index in [1.165, 1.54) is 24.3 Å². The van der Waals surface area contributed by atoms with Gasteiger partial charge in [-0.3, -0.25) is 10.1 Å². The number of para-hydroxylation sites is 1. The molecule has 0 saturated heterocycles. The maximum Gasteiger partial charge on any atom is 0.417 e. The molecule has 6 nitrogen and oxygen atoms in total. The fraction of sp³-hybridized carbons (Fsp3) is 0.400. The third-order valence-corrected chi connectivity index (χ3v) is 7.16. The number of phenols is 1. The molecule has 208 valence electrons. The predicted molar refractivity (Wildman–Crippen MR) is 146 cm³/mol. The van der Waals surface area contributed by atoms with Crippen LogP contribution in [0.1, 0.15) is 82.6 Å². The summed E-state index contributed by atoms with van der Waals surface area (Å²) in [6, 6.07) is 15.5. The van der Waals surface area contributed by atoms with Gasteiger partial charge in [0.1, 0.15) is 11.4 Å². The van der Waals surface area contributed by atoms with Crippen LogP contribution < -0.4 is 0 Å². The number of nitro groups is 1. The molecule has 0 radical (unpaired) electrons. The van der Waals surface area contributed by atoms with Gasteiger partial charge in [0, 0.05) is 17.0 Å². The lowest BCUT2D eigenvalue weighted by Crippen LogP contribution is -2.29. The lowest BCUT2D eigenvalue weighted by atomic mass is 9.70. The molecule has 0 aliphatic carbocycles. The van der Waals surface area contributed by atoms with Crippen molar-refractivity contribution in [1.29, 1.82) is 0 Å². The Balaban J connectivity index is 2.38. The largest absolute Gasteiger partial charge is 0.505 e. The minimum absolute atomic E-state index is 0.000537. The molecule has 0 fully saturated rings. The number of hydrogen-bond donors (Lipinski definition) is 1. The molecule has 0 heterocycles.